The van der Waals surface area contributed by atoms with Crippen LogP contribution in [0, 0.1) is 0 Å². The second-order valence-corrected chi connectivity index (χ2v) is 6.50. The van der Waals surface area contributed by atoms with E-state index in [1.54, 1.807) is 22.8 Å². The lowest BCUT2D eigenvalue weighted by atomic mass is 10.1. The number of carbonyl (C=O) groups excluding carboxylic acids is 1. The SMILES string of the molecule is CCN(CC)c1nc2cc(C(=O)OC)ccc2c(=O)n1CCc1ccccc1. The van der Waals surface area contributed by atoms with Crippen LogP contribution in [0.4, 0.5) is 5.95 Å². The van der Waals surface area contributed by atoms with Crippen molar-refractivity contribution < 1.29 is 9.53 Å². The number of aryl methyl sites for hydroxylation is 1. The van der Waals surface area contributed by atoms with Crippen molar-refractivity contribution in [1.82, 2.24) is 9.55 Å². The summed E-state index contributed by atoms with van der Waals surface area (Å²) in [6.45, 7) is 6.07. The summed E-state index contributed by atoms with van der Waals surface area (Å²) in [4.78, 5) is 31.9. The van der Waals surface area contributed by atoms with Gasteiger partial charge in [0.1, 0.15) is 0 Å². The van der Waals surface area contributed by atoms with Gasteiger partial charge < -0.3 is 9.64 Å². The standard InChI is InChI=1S/C22H25N3O3/c1-4-24(5-2)22-23-19-15-17(21(27)28-3)11-12-18(19)20(26)25(22)14-13-16-9-7-6-8-10-16/h6-12,15H,4-5,13-14H2,1-3H3. The predicted octanol–water partition coefficient (Wildman–Crippen LogP) is 3.27. The van der Waals surface area contributed by atoms with E-state index >= 15 is 0 Å². The Morgan fingerprint density at radius 1 is 1.11 bits per heavy atom. The van der Waals surface area contributed by atoms with Crippen LogP contribution < -0.4 is 10.5 Å². The molecule has 3 aromatic rings. The maximum atomic E-state index is 13.2. The molecule has 0 amide bonds. The molecule has 0 aliphatic heterocycles. The van der Waals surface area contributed by atoms with Gasteiger partial charge >= 0.3 is 5.97 Å². The molecule has 0 radical (unpaired) electrons. The molecule has 146 valence electrons. The largest absolute Gasteiger partial charge is 0.465 e. The van der Waals surface area contributed by atoms with Crippen molar-refractivity contribution in [2.24, 2.45) is 0 Å². The number of methoxy groups -OCH3 is 1. The number of esters is 1. The first-order chi connectivity index (χ1) is 13.6. The topological polar surface area (TPSA) is 64.4 Å². The van der Waals surface area contributed by atoms with Crippen molar-refractivity contribution >= 4 is 22.8 Å². The molecule has 0 aliphatic carbocycles. The maximum absolute atomic E-state index is 13.2. The van der Waals surface area contributed by atoms with Crippen molar-refractivity contribution in [2.75, 3.05) is 25.1 Å². The summed E-state index contributed by atoms with van der Waals surface area (Å²) in [5, 5.41) is 0.497. The van der Waals surface area contributed by atoms with Crippen LogP contribution in [0.5, 0.6) is 0 Å². The highest BCUT2D eigenvalue weighted by Crippen LogP contribution is 2.18. The third-order valence-electron chi connectivity index (χ3n) is 4.87. The number of ether oxygens (including phenoxy) is 1. The van der Waals surface area contributed by atoms with E-state index in [1.165, 1.54) is 12.7 Å². The lowest BCUT2D eigenvalue weighted by Crippen LogP contribution is -2.33. The summed E-state index contributed by atoms with van der Waals surface area (Å²) in [6.07, 6.45) is 0.739. The number of hydrogen-bond donors (Lipinski definition) is 0. The lowest BCUT2D eigenvalue weighted by molar-refractivity contribution is 0.0601. The summed E-state index contributed by atoms with van der Waals surface area (Å²) in [7, 11) is 1.34. The van der Waals surface area contributed by atoms with Gasteiger partial charge in [-0.1, -0.05) is 30.3 Å². The fourth-order valence-corrected chi connectivity index (χ4v) is 3.29. The average Bonchev–Trinajstić information content (AvgIpc) is 2.74. The Labute approximate surface area is 164 Å². The minimum Gasteiger partial charge on any atom is -0.465 e. The zero-order chi connectivity index (χ0) is 20.1. The van der Waals surface area contributed by atoms with Crippen LogP contribution in [0.1, 0.15) is 29.8 Å². The number of nitrogens with zero attached hydrogens (tertiary/aromatic N) is 3. The molecule has 6 heteroatoms. The molecule has 0 unspecified atom stereocenters. The monoisotopic (exact) mass is 379 g/mol. The Hall–Kier alpha value is -3.15. The summed E-state index contributed by atoms with van der Waals surface area (Å²) in [5.74, 6) is 0.182. The van der Waals surface area contributed by atoms with Gasteiger partial charge in [-0.3, -0.25) is 9.36 Å². The first-order valence-electron chi connectivity index (χ1n) is 9.50. The zero-order valence-electron chi connectivity index (χ0n) is 16.5. The van der Waals surface area contributed by atoms with Gasteiger partial charge in [-0.05, 0) is 44.0 Å². The molecule has 0 spiro atoms. The number of hydrogen-bond acceptors (Lipinski definition) is 5. The lowest BCUT2D eigenvalue weighted by Gasteiger charge is -2.24. The van der Waals surface area contributed by atoms with E-state index in [-0.39, 0.29) is 5.56 Å². The van der Waals surface area contributed by atoms with Gasteiger partial charge in [0, 0.05) is 19.6 Å². The second-order valence-electron chi connectivity index (χ2n) is 6.50. The number of fused-ring (bicyclic) bond motifs is 1. The van der Waals surface area contributed by atoms with E-state index in [2.05, 4.69) is 17.0 Å². The van der Waals surface area contributed by atoms with Crippen molar-refractivity contribution in [2.45, 2.75) is 26.8 Å². The summed E-state index contributed by atoms with van der Waals surface area (Å²) >= 11 is 0. The maximum Gasteiger partial charge on any atom is 0.337 e. The summed E-state index contributed by atoms with van der Waals surface area (Å²) < 4.78 is 6.52. The number of benzene rings is 2. The summed E-state index contributed by atoms with van der Waals surface area (Å²) in [5.41, 5.74) is 1.96. The fraction of sp³-hybridized carbons (Fsp3) is 0.318. The molecule has 0 fully saturated rings. The highest BCUT2D eigenvalue weighted by Gasteiger charge is 2.17. The molecule has 0 N–H and O–H groups in total. The number of aromatic nitrogens is 2. The Bertz CT molecular complexity index is 1020. The molecule has 3 rings (SSSR count). The minimum atomic E-state index is -0.443. The first-order valence-corrected chi connectivity index (χ1v) is 9.50. The van der Waals surface area contributed by atoms with Gasteiger partial charge in [-0.15, -0.1) is 0 Å². The molecule has 0 aliphatic rings. The third kappa shape index (κ3) is 3.91. The third-order valence-corrected chi connectivity index (χ3v) is 4.87. The van der Waals surface area contributed by atoms with Gasteiger partial charge in [0.25, 0.3) is 5.56 Å². The van der Waals surface area contributed by atoms with Gasteiger partial charge in [0.15, 0.2) is 0 Å². The van der Waals surface area contributed by atoms with E-state index in [0.717, 1.165) is 19.5 Å². The van der Waals surface area contributed by atoms with Crippen LogP contribution in [0.25, 0.3) is 10.9 Å². The van der Waals surface area contributed by atoms with Crippen LogP contribution >= 0.6 is 0 Å². The molecule has 0 atom stereocenters. The predicted molar refractivity (Wildman–Crippen MR) is 111 cm³/mol. The Balaban J connectivity index is 2.11. The molecule has 1 aromatic heterocycles. The minimum absolute atomic E-state index is 0.0979. The molecule has 2 aromatic carbocycles. The van der Waals surface area contributed by atoms with Crippen LogP contribution in [-0.2, 0) is 17.7 Å². The molecule has 0 bridgehead atoms. The number of rotatable bonds is 7. The quantitative estimate of drug-likeness (QED) is 0.590. The van der Waals surface area contributed by atoms with E-state index in [0.29, 0.717) is 29.0 Å². The van der Waals surface area contributed by atoms with Crippen LogP contribution in [0.3, 0.4) is 0 Å². The molecule has 6 nitrogen and oxygen atoms in total. The zero-order valence-corrected chi connectivity index (χ0v) is 16.5. The average molecular weight is 379 g/mol. The van der Waals surface area contributed by atoms with Crippen molar-refractivity contribution in [3.05, 3.63) is 70.0 Å². The molecule has 1 heterocycles. The Morgan fingerprint density at radius 2 is 1.82 bits per heavy atom. The van der Waals surface area contributed by atoms with Crippen LogP contribution in [0.15, 0.2) is 53.3 Å². The fourth-order valence-electron chi connectivity index (χ4n) is 3.29. The Kier molecular flexibility index (Phi) is 6.09. The van der Waals surface area contributed by atoms with Gasteiger partial charge in [-0.2, -0.15) is 0 Å². The first kappa shape index (κ1) is 19.6. The smallest absolute Gasteiger partial charge is 0.337 e. The van der Waals surface area contributed by atoms with E-state index in [9.17, 15) is 9.59 Å². The van der Waals surface area contributed by atoms with E-state index < -0.39 is 5.97 Å². The molecule has 0 saturated heterocycles. The Morgan fingerprint density at radius 3 is 2.46 bits per heavy atom. The van der Waals surface area contributed by atoms with E-state index in [4.69, 9.17) is 9.72 Å². The summed E-state index contributed by atoms with van der Waals surface area (Å²) in [6, 6.07) is 15.0. The normalized spacial score (nSPS) is 10.8. The number of carbonyl (C=O) groups is 1. The van der Waals surface area contributed by atoms with Crippen LogP contribution in [-0.4, -0.2) is 35.7 Å². The molecule has 0 saturated carbocycles. The van der Waals surface area contributed by atoms with Crippen molar-refractivity contribution in [3.63, 3.8) is 0 Å². The van der Waals surface area contributed by atoms with Crippen molar-refractivity contribution in [3.8, 4) is 0 Å². The molecular weight excluding hydrogens is 354 g/mol. The highest BCUT2D eigenvalue weighted by atomic mass is 16.5. The van der Waals surface area contributed by atoms with E-state index in [1.807, 2.05) is 32.0 Å². The molecule has 28 heavy (non-hydrogen) atoms. The van der Waals surface area contributed by atoms with Gasteiger partial charge in [0.2, 0.25) is 5.95 Å². The van der Waals surface area contributed by atoms with Crippen molar-refractivity contribution in [1.29, 1.82) is 0 Å². The van der Waals surface area contributed by atoms with Gasteiger partial charge in [0.05, 0.1) is 23.6 Å². The molecular formula is C22H25N3O3. The second kappa shape index (κ2) is 8.69. The van der Waals surface area contributed by atoms with Crippen LogP contribution in [0.2, 0.25) is 0 Å². The highest BCUT2D eigenvalue weighted by molar-refractivity contribution is 5.94. The van der Waals surface area contributed by atoms with Gasteiger partial charge in [-0.25, -0.2) is 9.78 Å². The number of anilines is 1.